The number of benzene rings is 1. The second-order valence-corrected chi connectivity index (χ2v) is 10.00. The van der Waals surface area contributed by atoms with Crippen LogP contribution in [0.4, 0.5) is 11.5 Å². The Balaban J connectivity index is 1.40. The fraction of sp³-hybridized carbons (Fsp3) is 0.345. The van der Waals surface area contributed by atoms with E-state index in [4.69, 9.17) is 5.73 Å². The minimum absolute atomic E-state index is 0.0329. The number of nitrogens with zero attached hydrogens (tertiary/aromatic N) is 2. The van der Waals surface area contributed by atoms with Crippen molar-refractivity contribution >= 4 is 28.9 Å². The number of anilines is 2. The number of nitrogens with two attached hydrogens (primary N) is 1. The second kappa shape index (κ2) is 11.2. The predicted molar refractivity (Wildman–Crippen MR) is 150 cm³/mol. The van der Waals surface area contributed by atoms with Gasteiger partial charge in [-0.05, 0) is 61.2 Å². The molecule has 3 unspecified atom stereocenters. The molecule has 9 nitrogen and oxygen atoms in total. The normalized spacial score (nSPS) is 22.7. The molecule has 6 N–H and O–H groups in total. The Morgan fingerprint density at radius 1 is 1.29 bits per heavy atom. The predicted octanol–water partition coefficient (Wildman–Crippen LogP) is 2.75. The molecule has 0 aliphatic carbocycles. The van der Waals surface area contributed by atoms with Gasteiger partial charge in [0.1, 0.15) is 5.82 Å². The van der Waals surface area contributed by atoms with E-state index in [1.54, 1.807) is 12.3 Å². The Morgan fingerprint density at radius 3 is 2.82 bits per heavy atom. The van der Waals surface area contributed by atoms with Crippen molar-refractivity contribution in [3.05, 3.63) is 83.7 Å². The van der Waals surface area contributed by atoms with Gasteiger partial charge in [-0.15, -0.1) is 0 Å². The maximum Gasteiger partial charge on any atom is 0.256 e. The van der Waals surface area contributed by atoms with Gasteiger partial charge in [-0.1, -0.05) is 24.8 Å². The van der Waals surface area contributed by atoms with E-state index in [9.17, 15) is 9.59 Å². The summed E-state index contributed by atoms with van der Waals surface area (Å²) < 4.78 is 0. The van der Waals surface area contributed by atoms with Gasteiger partial charge in [0.25, 0.3) is 5.91 Å². The van der Waals surface area contributed by atoms with Crippen LogP contribution >= 0.6 is 0 Å². The molecule has 3 aliphatic heterocycles. The van der Waals surface area contributed by atoms with Gasteiger partial charge in [0.15, 0.2) is 0 Å². The van der Waals surface area contributed by atoms with Crippen molar-refractivity contribution < 1.29 is 9.59 Å². The number of pyridine rings is 1. The number of hydrogen-bond donors (Lipinski definition) is 5. The summed E-state index contributed by atoms with van der Waals surface area (Å²) in [5.74, 6) is 0.196. The highest BCUT2D eigenvalue weighted by Crippen LogP contribution is 2.37. The lowest BCUT2D eigenvalue weighted by atomic mass is 9.93. The molecule has 0 bridgehead atoms. The molecule has 1 aromatic carbocycles. The SMILES string of the molecule is C=CC1=C(/C=C2\C(=O)Nc3ccc(C(CN)CNc4ccccn4)cc32)NC(C)C1C(=O)NN1CCCC1. The first kappa shape index (κ1) is 25.7. The first-order valence-corrected chi connectivity index (χ1v) is 13.2. The molecule has 3 atom stereocenters. The Hall–Kier alpha value is -3.95. The molecule has 38 heavy (non-hydrogen) atoms. The van der Waals surface area contributed by atoms with Crippen molar-refractivity contribution in [1.82, 2.24) is 20.7 Å². The zero-order valence-corrected chi connectivity index (χ0v) is 21.7. The first-order chi connectivity index (χ1) is 18.5. The summed E-state index contributed by atoms with van der Waals surface area (Å²) in [6, 6.07) is 11.5. The number of allylic oxidation sites excluding steroid dienone is 2. The number of amides is 2. The highest BCUT2D eigenvalue weighted by molar-refractivity contribution is 6.32. The summed E-state index contributed by atoms with van der Waals surface area (Å²) in [5, 5.41) is 11.7. The topological polar surface area (TPSA) is 124 Å². The van der Waals surface area contributed by atoms with Crippen LogP contribution in [0.3, 0.4) is 0 Å². The Kier molecular flexibility index (Phi) is 7.57. The van der Waals surface area contributed by atoms with Crippen LogP contribution in [-0.2, 0) is 9.59 Å². The maximum absolute atomic E-state index is 13.1. The lowest BCUT2D eigenvalue weighted by molar-refractivity contribution is -0.128. The molecular formula is C29H35N7O2. The van der Waals surface area contributed by atoms with Gasteiger partial charge in [-0.2, -0.15) is 0 Å². The molecule has 3 aliphatic rings. The van der Waals surface area contributed by atoms with E-state index in [0.717, 1.165) is 59.8 Å². The third kappa shape index (κ3) is 5.20. The maximum atomic E-state index is 13.1. The van der Waals surface area contributed by atoms with E-state index in [1.807, 2.05) is 54.4 Å². The highest BCUT2D eigenvalue weighted by atomic mass is 16.2. The largest absolute Gasteiger partial charge is 0.381 e. The van der Waals surface area contributed by atoms with E-state index in [-0.39, 0.29) is 23.8 Å². The van der Waals surface area contributed by atoms with Crippen molar-refractivity contribution in [3.63, 3.8) is 0 Å². The van der Waals surface area contributed by atoms with Crippen LogP contribution in [-0.4, -0.2) is 54.0 Å². The van der Waals surface area contributed by atoms with E-state index < -0.39 is 5.92 Å². The summed E-state index contributed by atoms with van der Waals surface area (Å²) >= 11 is 0. The van der Waals surface area contributed by atoms with Crippen molar-refractivity contribution in [3.8, 4) is 0 Å². The van der Waals surface area contributed by atoms with Gasteiger partial charge in [0, 0.05) is 61.3 Å². The Labute approximate surface area is 223 Å². The number of carbonyl (C=O) groups excluding carboxylic acids is 2. The lowest BCUT2D eigenvalue weighted by Crippen LogP contribution is -2.46. The van der Waals surface area contributed by atoms with Crippen LogP contribution in [0.5, 0.6) is 0 Å². The average Bonchev–Trinajstić information content (AvgIpc) is 3.63. The second-order valence-electron chi connectivity index (χ2n) is 10.00. The summed E-state index contributed by atoms with van der Waals surface area (Å²) in [6.07, 6.45) is 7.47. The molecule has 2 amide bonds. The van der Waals surface area contributed by atoms with E-state index in [2.05, 4.69) is 32.9 Å². The number of nitrogens with one attached hydrogen (secondary N) is 4. The molecular weight excluding hydrogens is 478 g/mol. The molecule has 5 rings (SSSR count). The number of fused-ring (bicyclic) bond motifs is 1. The molecule has 1 saturated heterocycles. The minimum Gasteiger partial charge on any atom is -0.381 e. The number of hydrogen-bond acceptors (Lipinski definition) is 7. The zero-order valence-electron chi connectivity index (χ0n) is 21.7. The van der Waals surface area contributed by atoms with Gasteiger partial charge in [0.2, 0.25) is 5.91 Å². The van der Waals surface area contributed by atoms with Gasteiger partial charge in [-0.25, -0.2) is 9.99 Å². The number of carbonyl (C=O) groups is 2. The Morgan fingerprint density at radius 2 is 2.11 bits per heavy atom. The molecule has 198 valence electrons. The molecule has 4 heterocycles. The van der Waals surface area contributed by atoms with Gasteiger partial charge in [-0.3, -0.25) is 15.0 Å². The van der Waals surface area contributed by atoms with E-state index in [1.165, 1.54) is 0 Å². The Bertz CT molecular complexity index is 1280. The third-order valence-corrected chi connectivity index (χ3v) is 7.47. The number of aromatic nitrogens is 1. The summed E-state index contributed by atoms with van der Waals surface area (Å²) in [7, 11) is 0. The molecule has 1 aromatic heterocycles. The quantitative estimate of drug-likeness (QED) is 0.327. The lowest BCUT2D eigenvalue weighted by Gasteiger charge is -2.22. The van der Waals surface area contributed by atoms with Crippen LogP contribution in [0.2, 0.25) is 0 Å². The van der Waals surface area contributed by atoms with Gasteiger partial charge in [0.05, 0.1) is 11.5 Å². The van der Waals surface area contributed by atoms with Crippen LogP contribution in [0.1, 0.15) is 36.8 Å². The van der Waals surface area contributed by atoms with Crippen LogP contribution < -0.4 is 27.1 Å². The van der Waals surface area contributed by atoms with E-state index >= 15 is 0 Å². The molecule has 0 radical (unpaired) electrons. The fourth-order valence-electron chi connectivity index (χ4n) is 5.41. The highest BCUT2D eigenvalue weighted by Gasteiger charge is 2.37. The van der Waals surface area contributed by atoms with Crippen LogP contribution in [0.15, 0.2) is 72.6 Å². The zero-order chi connectivity index (χ0) is 26.6. The third-order valence-electron chi connectivity index (χ3n) is 7.47. The fourth-order valence-corrected chi connectivity index (χ4v) is 5.41. The van der Waals surface area contributed by atoms with Gasteiger partial charge < -0.3 is 21.7 Å². The first-order valence-electron chi connectivity index (χ1n) is 13.2. The van der Waals surface area contributed by atoms with Crippen LogP contribution in [0.25, 0.3) is 5.57 Å². The molecule has 0 saturated carbocycles. The van der Waals surface area contributed by atoms with Crippen LogP contribution in [0, 0.1) is 5.92 Å². The van der Waals surface area contributed by atoms with Crippen molar-refractivity contribution in [2.24, 2.45) is 11.7 Å². The van der Waals surface area contributed by atoms with Crippen molar-refractivity contribution in [2.45, 2.75) is 31.7 Å². The molecule has 0 spiro atoms. The number of rotatable bonds is 9. The van der Waals surface area contributed by atoms with Crippen molar-refractivity contribution in [2.75, 3.05) is 36.8 Å². The monoisotopic (exact) mass is 513 g/mol. The average molecular weight is 514 g/mol. The summed E-state index contributed by atoms with van der Waals surface area (Å²) in [6.45, 7) is 8.74. The summed E-state index contributed by atoms with van der Waals surface area (Å²) in [4.78, 5) is 30.5. The molecule has 2 aromatic rings. The minimum atomic E-state index is -0.394. The molecule has 1 fully saturated rings. The van der Waals surface area contributed by atoms with Crippen molar-refractivity contribution in [1.29, 1.82) is 0 Å². The smallest absolute Gasteiger partial charge is 0.256 e. The van der Waals surface area contributed by atoms with Gasteiger partial charge >= 0.3 is 0 Å². The molecule has 9 heteroatoms. The number of hydrazine groups is 1. The van der Waals surface area contributed by atoms with E-state index in [0.29, 0.717) is 18.7 Å². The summed E-state index contributed by atoms with van der Waals surface area (Å²) in [5.41, 5.74) is 13.9. The standard InChI is InChI=1S/C29H35N7O2/c1-3-21-25(33-18(2)27(21)29(38)35-36-12-6-7-13-36)15-23-22-14-19(9-10-24(22)34-28(23)37)20(16-30)17-32-26-8-4-5-11-31-26/h3-5,8-11,14-15,18,20,27,33H,1,6-7,12-13,16-17,30H2,2H3,(H,31,32)(H,34,37)(H,35,38)/b23-15-.